The van der Waals surface area contributed by atoms with Gasteiger partial charge in [-0.1, -0.05) is 38.1 Å². The summed E-state index contributed by atoms with van der Waals surface area (Å²) in [5, 5.41) is 22.0. The smallest absolute Gasteiger partial charge is 0.248 e. The van der Waals surface area contributed by atoms with Gasteiger partial charge in [-0.05, 0) is 49.3 Å². The number of hydrogen-bond donors (Lipinski definition) is 2. The van der Waals surface area contributed by atoms with Crippen LogP contribution in [0.4, 0.5) is 5.69 Å². The number of nitrogens with one attached hydrogen (secondary N) is 1. The third-order valence-electron chi connectivity index (χ3n) is 7.82. The van der Waals surface area contributed by atoms with Gasteiger partial charge < -0.3 is 15.3 Å². The van der Waals surface area contributed by atoms with E-state index in [9.17, 15) is 23.1 Å². The summed E-state index contributed by atoms with van der Waals surface area (Å²) >= 11 is 0. The summed E-state index contributed by atoms with van der Waals surface area (Å²) in [6.45, 7) is 8.17. The largest absolute Gasteiger partial charge is 0.391 e. The Kier molecular flexibility index (Phi) is 7.21. The van der Waals surface area contributed by atoms with Gasteiger partial charge in [-0.2, -0.15) is 0 Å². The maximum atomic E-state index is 13.9. The highest BCUT2D eigenvalue weighted by molar-refractivity contribution is 7.93. The summed E-state index contributed by atoms with van der Waals surface area (Å²) in [7, 11) is -3.32. The van der Waals surface area contributed by atoms with E-state index in [1.165, 1.54) is 9.21 Å². The number of rotatable bonds is 7. The van der Waals surface area contributed by atoms with Gasteiger partial charge in [0.15, 0.2) is 0 Å². The third-order valence-corrected chi connectivity index (χ3v) is 9.69. The SMILES string of the molecule is CC(NC(=O)[C@@H]1C[C@@H](O)CN1C(=O)[C@@H](n1cc(C2CC2)nn1)C(C)(C)C)c1cccc(N2CCCS2(=O)=O)c1. The number of aliphatic hydroxyl groups is 1. The number of hydrogen-bond acceptors (Lipinski definition) is 7. The molecule has 0 radical (unpaired) electrons. The molecule has 2 N–H and O–H groups in total. The van der Waals surface area contributed by atoms with Crippen LogP contribution >= 0.6 is 0 Å². The summed E-state index contributed by atoms with van der Waals surface area (Å²) in [5.41, 5.74) is 1.70. The van der Waals surface area contributed by atoms with Gasteiger partial charge in [0.2, 0.25) is 21.8 Å². The lowest BCUT2D eigenvalue weighted by Gasteiger charge is -2.34. The Labute approximate surface area is 229 Å². The lowest BCUT2D eigenvalue weighted by Crippen LogP contribution is -2.50. The molecule has 11 nitrogen and oxygen atoms in total. The molecule has 2 aromatic rings. The van der Waals surface area contributed by atoms with Crippen molar-refractivity contribution >= 4 is 27.5 Å². The van der Waals surface area contributed by atoms with Gasteiger partial charge in [-0.25, -0.2) is 13.1 Å². The second kappa shape index (κ2) is 10.2. The number of amides is 2. The molecule has 5 rings (SSSR count). The molecule has 0 spiro atoms. The first-order valence-electron chi connectivity index (χ1n) is 13.7. The van der Waals surface area contributed by atoms with E-state index < -0.39 is 39.7 Å². The quantitative estimate of drug-likeness (QED) is 0.531. The van der Waals surface area contributed by atoms with Crippen molar-refractivity contribution < 1.29 is 23.1 Å². The Morgan fingerprint density at radius 1 is 1.21 bits per heavy atom. The van der Waals surface area contributed by atoms with E-state index in [4.69, 9.17) is 0 Å². The van der Waals surface area contributed by atoms with Crippen LogP contribution in [0.15, 0.2) is 30.5 Å². The van der Waals surface area contributed by atoms with Crippen molar-refractivity contribution in [1.82, 2.24) is 25.2 Å². The zero-order chi connectivity index (χ0) is 28.1. The molecule has 12 heteroatoms. The molecule has 3 fully saturated rings. The second-order valence-electron chi connectivity index (χ2n) is 12.1. The zero-order valence-electron chi connectivity index (χ0n) is 22.9. The van der Waals surface area contributed by atoms with Crippen LogP contribution in [0.5, 0.6) is 0 Å². The normalized spacial score (nSPS) is 24.5. The van der Waals surface area contributed by atoms with Crippen molar-refractivity contribution in [2.24, 2.45) is 5.41 Å². The summed E-state index contributed by atoms with van der Waals surface area (Å²) < 4.78 is 27.8. The van der Waals surface area contributed by atoms with Crippen LogP contribution in [-0.2, 0) is 19.6 Å². The van der Waals surface area contributed by atoms with E-state index in [0.717, 1.165) is 24.1 Å². The van der Waals surface area contributed by atoms with Crippen molar-refractivity contribution in [3.05, 3.63) is 41.7 Å². The minimum Gasteiger partial charge on any atom is -0.391 e. The van der Waals surface area contributed by atoms with Gasteiger partial charge in [0.1, 0.15) is 12.1 Å². The Morgan fingerprint density at radius 2 is 1.95 bits per heavy atom. The monoisotopic (exact) mass is 558 g/mol. The maximum Gasteiger partial charge on any atom is 0.248 e. The molecule has 1 saturated carbocycles. The standard InChI is InChI=1S/C27H38N6O5S/c1-17(19-7-5-8-20(13-19)33-11-6-12-39(33,37)38)28-25(35)23-14-21(34)15-31(23)26(36)24(27(2,3)4)32-16-22(29-30-32)18-9-10-18/h5,7-8,13,16-18,21,23-24,34H,6,9-12,14-15H2,1-4H3,(H,28,35)/t17?,21-,23+,24-/m1/s1. The Bertz CT molecular complexity index is 1350. The molecule has 4 atom stereocenters. The molecule has 1 aliphatic carbocycles. The number of aromatic nitrogens is 3. The number of β-amino-alcohol motifs (C(OH)–C–C–N with tert-alkyl or cyclic N) is 1. The van der Waals surface area contributed by atoms with Crippen molar-refractivity contribution in [2.45, 2.75) is 83.5 Å². The van der Waals surface area contributed by atoms with E-state index in [-0.39, 0.29) is 30.5 Å². The molecule has 0 bridgehead atoms. The molecule has 3 heterocycles. The van der Waals surface area contributed by atoms with Crippen molar-refractivity contribution in [3.63, 3.8) is 0 Å². The Hall–Kier alpha value is -2.99. The summed E-state index contributed by atoms with van der Waals surface area (Å²) in [5.74, 6) is -0.118. The van der Waals surface area contributed by atoms with Gasteiger partial charge in [-0.15, -0.1) is 5.10 Å². The average molecular weight is 559 g/mol. The molecule has 2 amide bonds. The highest BCUT2D eigenvalue weighted by atomic mass is 32.2. The van der Waals surface area contributed by atoms with Crippen LogP contribution in [-0.4, -0.2) is 76.2 Å². The maximum absolute atomic E-state index is 13.9. The van der Waals surface area contributed by atoms with E-state index >= 15 is 0 Å². The second-order valence-corrected chi connectivity index (χ2v) is 14.1. The number of likely N-dealkylation sites (tertiary alicyclic amines) is 1. The minimum absolute atomic E-state index is 0.0599. The van der Waals surface area contributed by atoms with Gasteiger partial charge in [0.25, 0.3) is 0 Å². The predicted molar refractivity (Wildman–Crippen MR) is 145 cm³/mol. The van der Waals surface area contributed by atoms with Gasteiger partial charge >= 0.3 is 0 Å². The topological polar surface area (TPSA) is 138 Å². The molecule has 1 aromatic heterocycles. The van der Waals surface area contributed by atoms with Crippen LogP contribution in [0.3, 0.4) is 0 Å². The molecule has 2 aliphatic heterocycles. The van der Waals surface area contributed by atoms with Crippen LogP contribution < -0.4 is 9.62 Å². The number of benzene rings is 1. The first kappa shape index (κ1) is 27.6. The molecule has 3 aliphatic rings. The first-order chi connectivity index (χ1) is 18.3. The molecule has 1 aromatic carbocycles. The first-order valence-corrected chi connectivity index (χ1v) is 15.3. The van der Waals surface area contributed by atoms with Crippen LogP contribution in [0, 0.1) is 5.41 Å². The average Bonchev–Trinajstić information content (AvgIpc) is 3.29. The fraction of sp³-hybridized carbons (Fsp3) is 0.630. The minimum atomic E-state index is -3.32. The number of aliphatic hydroxyl groups excluding tert-OH is 1. The zero-order valence-corrected chi connectivity index (χ0v) is 23.8. The highest BCUT2D eigenvalue weighted by Crippen LogP contribution is 2.40. The lowest BCUT2D eigenvalue weighted by atomic mass is 9.85. The van der Waals surface area contributed by atoms with Gasteiger partial charge in [-0.3, -0.25) is 13.9 Å². The fourth-order valence-electron chi connectivity index (χ4n) is 5.60. The number of sulfonamides is 1. The Morgan fingerprint density at radius 3 is 2.59 bits per heavy atom. The van der Waals surface area contributed by atoms with Gasteiger partial charge in [0.05, 0.1) is 29.3 Å². The third kappa shape index (κ3) is 5.67. The fourth-order valence-corrected chi connectivity index (χ4v) is 7.15. The lowest BCUT2D eigenvalue weighted by molar-refractivity contribution is -0.144. The molecule has 1 unspecified atom stereocenters. The van der Waals surface area contributed by atoms with E-state index in [0.29, 0.717) is 24.6 Å². The van der Waals surface area contributed by atoms with E-state index in [1.54, 1.807) is 22.9 Å². The number of anilines is 1. The molecule has 212 valence electrons. The molecular weight excluding hydrogens is 520 g/mol. The molecular formula is C27H38N6O5S. The Balaban J connectivity index is 1.33. The number of carbonyl (C=O) groups is 2. The van der Waals surface area contributed by atoms with E-state index in [2.05, 4.69) is 15.6 Å². The van der Waals surface area contributed by atoms with Crippen molar-refractivity contribution in [3.8, 4) is 0 Å². The molecule has 39 heavy (non-hydrogen) atoms. The van der Waals surface area contributed by atoms with Crippen molar-refractivity contribution in [1.29, 1.82) is 0 Å². The van der Waals surface area contributed by atoms with Crippen molar-refractivity contribution in [2.75, 3.05) is 23.1 Å². The molecule has 2 saturated heterocycles. The van der Waals surface area contributed by atoms with Crippen LogP contribution in [0.1, 0.15) is 82.6 Å². The summed E-state index contributed by atoms with van der Waals surface area (Å²) in [4.78, 5) is 28.9. The summed E-state index contributed by atoms with van der Waals surface area (Å²) in [6.07, 6.45) is 3.88. The van der Waals surface area contributed by atoms with Crippen LogP contribution in [0.2, 0.25) is 0 Å². The van der Waals surface area contributed by atoms with Crippen LogP contribution in [0.25, 0.3) is 0 Å². The number of carbonyl (C=O) groups excluding carboxylic acids is 2. The predicted octanol–water partition coefficient (Wildman–Crippen LogP) is 2.12. The van der Waals surface area contributed by atoms with Gasteiger partial charge in [0, 0.05) is 31.6 Å². The summed E-state index contributed by atoms with van der Waals surface area (Å²) in [6, 6.07) is 5.17. The highest BCUT2D eigenvalue weighted by Gasteiger charge is 2.45. The number of nitrogens with zero attached hydrogens (tertiary/aromatic N) is 5. The van der Waals surface area contributed by atoms with E-state index in [1.807, 2.05) is 40.0 Å².